The summed E-state index contributed by atoms with van der Waals surface area (Å²) >= 11 is 0. The van der Waals surface area contributed by atoms with Gasteiger partial charge in [-0.3, -0.25) is 0 Å². The van der Waals surface area contributed by atoms with Gasteiger partial charge in [0, 0.05) is 50.8 Å². The number of hydrogen-bond acceptors (Lipinski definition) is 1. The Labute approximate surface area is 238 Å². The molecule has 8 rings (SSSR count). The Hall–Kier alpha value is -5.54. The van der Waals surface area contributed by atoms with Crippen LogP contribution < -0.4 is 4.90 Å². The summed E-state index contributed by atoms with van der Waals surface area (Å²) in [6.45, 7) is 0. The van der Waals surface area contributed by atoms with E-state index in [2.05, 4.69) is 178 Å². The molecule has 0 unspecified atom stereocenters. The quantitative estimate of drug-likeness (QED) is 0.218. The molecule has 0 fully saturated rings. The Morgan fingerprint density at radius 1 is 0.390 bits per heavy atom. The van der Waals surface area contributed by atoms with Gasteiger partial charge in [-0.05, 0) is 78.9 Å². The topological polar surface area (TPSA) is 13.1 Å². The maximum atomic E-state index is 2.42. The van der Waals surface area contributed by atoms with Crippen LogP contribution in [-0.2, 0) is 0 Å². The summed E-state index contributed by atoms with van der Waals surface area (Å²) in [5.41, 5.74) is 9.32. The van der Waals surface area contributed by atoms with E-state index in [9.17, 15) is 0 Å². The Balaban J connectivity index is 1.43. The number of rotatable bonds is 5. The lowest BCUT2D eigenvalue weighted by molar-refractivity contribution is 1.13. The standard InChI is InChI=1S/C38H27N3/c1-5-13-28(14-6-1)39-26-25-34-36(39)24-22-33-35-27-32(21-23-37(35)41(38(33)34)31-19-11-4-12-20-31)40(29-15-7-2-8-16-29)30-17-9-3-10-18-30/h1-27H. The van der Waals surface area contributed by atoms with E-state index in [1.165, 1.54) is 32.7 Å². The molecule has 0 N–H and O–H groups in total. The molecule has 0 spiro atoms. The van der Waals surface area contributed by atoms with Crippen LogP contribution >= 0.6 is 0 Å². The normalized spacial score (nSPS) is 11.4. The van der Waals surface area contributed by atoms with Gasteiger partial charge in [0.15, 0.2) is 0 Å². The van der Waals surface area contributed by atoms with Gasteiger partial charge in [0.2, 0.25) is 0 Å². The van der Waals surface area contributed by atoms with E-state index in [0.29, 0.717) is 0 Å². The first kappa shape index (κ1) is 23.4. The monoisotopic (exact) mass is 525 g/mol. The van der Waals surface area contributed by atoms with Crippen molar-refractivity contribution in [3.05, 3.63) is 164 Å². The van der Waals surface area contributed by atoms with Crippen molar-refractivity contribution < 1.29 is 0 Å². The summed E-state index contributed by atoms with van der Waals surface area (Å²) in [4.78, 5) is 2.33. The number of hydrogen-bond donors (Lipinski definition) is 0. The average Bonchev–Trinajstić information content (AvgIpc) is 3.62. The lowest BCUT2D eigenvalue weighted by Crippen LogP contribution is -2.09. The van der Waals surface area contributed by atoms with Crippen LogP contribution in [0, 0.1) is 0 Å². The summed E-state index contributed by atoms with van der Waals surface area (Å²) in [5.74, 6) is 0. The van der Waals surface area contributed by atoms with E-state index in [-0.39, 0.29) is 0 Å². The highest BCUT2D eigenvalue weighted by atomic mass is 15.1. The molecule has 0 aliphatic carbocycles. The third kappa shape index (κ3) is 3.82. The van der Waals surface area contributed by atoms with Gasteiger partial charge in [-0.25, -0.2) is 0 Å². The highest BCUT2D eigenvalue weighted by Crippen LogP contribution is 2.41. The number of aromatic nitrogens is 2. The molecule has 0 bridgehead atoms. The predicted octanol–water partition coefficient (Wildman–Crippen LogP) is 10.2. The lowest BCUT2D eigenvalue weighted by atomic mass is 10.1. The van der Waals surface area contributed by atoms with Gasteiger partial charge in [-0.1, -0.05) is 78.9 Å². The smallest absolute Gasteiger partial charge is 0.0635 e. The van der Waals surface area contributed by atoms with E-state index in [0.717, 1.165) is 28.4 Å². The van der Waals surface area contributed by atoms with Crippen LogP contribution in [0.1, 0.15) is 0 Å². The second-order valence-corrected chi connectivity index (χ2v) is 10.3. The molecule has 194 valence electrons. The van der Waals surface area contributed by atoms with Gasteiger partial charge in [0.05, 0.1) is 16.6 Å². The second-order valence-electron chi connectivity index (χ2n) is 10.3. The van der Waals surface area contributed by atoms with Crippen LogP contribution in [0.25, 0.3) is 44.1 Å². The van der Waals surface area contributed by atoms with Crippen LogP contribution in [0.2, 0.25) is 0 Å². The van der Waals surface area contributed by atoms with E-state index < -0.39 is 0 Å². The average molecular weight is 526 g/mol. The molecular weight excluding hydrogens is 498 g/mol. The molecule has 0 aliphatic heterocycles. The van der Waals surface area contributed by atoms with Gasteiger partial charge >= 0.3 is 0 Å². The summed E-state index contributed by atoms with van der Waals surface area (Å²) in [6.07, 6.45) is 2.18. The van der Waals surface area contributed by atoms with Gasteiger partial charge < -0.3 is 14.0 Å². The SMILES string of the molecule is c1ccc(N(c2ccccc2)c2ccc3c(c2)c2ccc4c(ccn4-c4ccccc4)c2n3-c2ccccc2)cc1. The van der Waals surface area contributed by atoms with Crippen LogP contribution in [0.3, 0.4) is 0 Å². The molecule has 3 nitrogen and oxygen atoms in total. The fraction of sp³-hybridized carbons (Fsp3) is 0. The first-order chi connectivity index (χ1) is 20.4. The molecule has 0 saturated heterocycles. The Morgan fingerprint density at radius 3 is 1.59 bits per heavy atom. The fourth-order valence-electron chi connectivity index (χ4n) is 6.11. The van der Waals surface area contributed by atoms with E-state index in [4.69, 9.17) is 0 Å². The molecule has 0 atom stereocenters. The minimum atomic E-state index is 1.13. The van der Waals surface area contributed by atoms with Crippen molar-refractivity contribution in [1.29, 1.82) is 0 Å². The fourth-order valence-corrected chi connectivity index (χ4v) is 6.11. The minimum absolute atomic E-state index is 1.13. The molecule has 2 aromatic heterocycles. The summed E-state index contributed by atoms with van der Waals surface area (Å²) in [5, 5.41) is 3.70. The van der Waals surface area contributed by atoms with Gasteiger partial charge in [-0.2, -0.15) is 0 Å². The molecule has 0 amide bonds. The Morgan fingerprint density at radius 2 is 0.951 bits per heavy atom. The van der Waals surface area contributed by atoms with E-state index in [1.807, 2.05) is 0 Å². The zero-order chi connectivity index (χ0) is 27.2. The van der Waals surface area contributed by atoms with Crippen LogP contribution in [0.5, 0.6) is 0 Å². The molecule has 3 heteroatoms. The maximum absolute atomic E-state index is 2.42. The summed E-state index contributed by atoms with van der Waals surface area (Å²) in [7, 11) is 0. The van der Waals surface area contributed by atoms with Crippen molar-refractivity contribution in [2.24, 2.45) is 0 Å². The molecule has 41 heavy (non-hydrogen) atoms. The molecule has 8 aromatic rings. The highest BCUT2D eigenvalue weighted by molar-refractivity contribution is 6.19. The molecule has 6 aromatic carbocycles. The molecule has 0 radical (unpaired) electrons. The second kappa shape index (κ2) is 9.58. The van der Waals surface area contributed by atoms with Crippen molar-refractivity contribution >= 4 is 49.8 Å². The Bertz CT molecular complexity index is 2090. The van der Waals surface area contributed by atoms with Crippen LogP contribution in [0.15, 0.2) is 164 Å². The number of nitrogens with zero attached hydrogens (tertiary/aromatic N) is 3. The van der Waals surface area contributed by atoms with Gasteiger partial charge in [-0.15, -0.1) is 0 Å². The largest absolute Gasteiger partial charge is 0.316 e. The number of benzene rings is 6. The third-order valence-corrected chi connectivity index (χ3v) is 7.91. The molecule has 2 heterocycles. The Kier molecular flexibility index (Phi) is 5.46. The lowest BCUT2D eigenvalue weighted by Gasteiger charge is -2.25. The zero-order valence-electron chi connectivity index (χ0n) is 22.4. The van der Waals surface area contributed by atoms with E-state index >= 15 is 0 Å². The van der Waals surface area contributed by atoms with Crippen molar-refractivity contribution in [2.75, 3.05) is 4.90 Å². The number of para-hydroxylation sites is 4. The summed E-state index contributed by atoms with van der Waals surface area (Å²) in [6, 6.07) is 56.1. The van der Waals surface area contributed by atoms with Crippen molar-refractivity contribution in [3.8, 4) is 11.4 Å². The van der Waals surface area contributed by atoms with Crippen molar-refractivity contribution in [2.45, 2.75) is 0 Å². The van der Waals surface area contributed by atoms with Gasteiger partial charge in [0.1, 0.15) is 0 Å². The highest BCUT2D eigenvalue weighted by Gasteiger charge is 2.19. The third-order valence-electron chi connectivity index (χ3n) is 7.91. The van der Waals surface area contributed by atoms with Crippen molar-refractivity contribution in [1.82, 2.24) is 9.13 Å². The molecule has 0 aliphatic rings. The first-order valence-corrected chi connectivity index (χ1v) is 14.0. The number of anilines is 3. The summed E-state index contributed by atoms with van der Waals surface area (Å²) < 4.78 is 4.70. The molecular formula is C38H27N3. The van der Waals surface area contributed by atoms with Crippen LogP contribution in [0.4, 0.5) is 17.1 Å². The van der Waals surface area contributed by atoms with E-state index in [1.54, 1.807) is 0 Å². The number of fused-ring (bicyclic) bond motifs is 5. The van der Waals surface area contributed by atoms with Gasteiger partial charge in [0.25, 0.3) is 0 Å². The minimum Gasteiger partial charge on any atom is -0.316 e. The molecule has 0 saturated carbocycles. The first-order valence-electron chi connectivity index (χ1n) is 14.0. The maximum Gasteiger partial charge on any atom is 0.0635 e. The van der Waals surface area contributed by atoms with Crippen LogP contribution in [-0.4, -0.2) is 9.13 Å². The predicted molar refractivity (Wildman–Crippen MR) is 172 cm³/mol. The van der Waals surface area contributed by atoms with Crippen molar-refractivity contribution in [3.63, 3.8) is 0 Å². The zero-order valence-corrected chi connectivity index (χ0v) is 22.4.